The number of methoxy groups -OCH3 is 1. The average molecular weight is 409 g/mol. The standard InChI is InChI=1S/C24H27NO5/c1-29-23(27)21(16-22(26)20-10-6-3-7-11-20)19-12-14-25(15-13-19)24(28)30-17-18-8-4-2-5-9-18/h2-11,19,21H,12-17H2,1H3. The van der Waals surface area contributed by atoms with Crippen LogP contribution in [0.2, 0.25) is 0 Å². The van der Waals surface area contributed by atoms with E-state index >= 15 is 0 Å². The second kappa shape index (κ2) is 10.6. The van der Waals surface area contributed by atoms with Gasteiger partial charge in [-0.3, -0.25) is 9.59 Å². The number of benzene rings is 2. The lowest BCUT2D eigenvalue weighted by Crippen LogP contribution is -2.42. The summed E-state index contributed by atoms with van der Waals surface area (Å²) in [6.45, 7) is 1.21. The highest BCUT2D eigenvalue weighted by molar-refractivity contribution is 5.98. The molecule has 1 unspecified atom stereocenters. The van der Waals surface area contributed by atoms with Crippen LogP contribution in [-0.4, -0.2) is 42.9 Å². The van der Waals surface area contributed by atoms with E-state index in [1.807, 2.05) is 36.4 Å². The number of hydrogen-bond donors (Lipinski definition) is 0. The predicted molar refractivity (Wildman–Crippen MR) is 112 cm³/mol. The number of rotatable bonds is 7. The molecule has 1 aliphatic heterocycles. The third-order valence-corrected chi connectivity index (χ3v) is 5.58. The summed E-state index contributed by atoms with van der Waals surface area (Å²) in [5, 5.41) is 0. The Morgan fingerprint density at radius 2 is 1.57 bits per heavy atom. The molecular formula is C24H27NO5. The molecule has 2 aromatic rings. The summed E-state index contributed by atoms with van der Waals surface area (Å²) < 4.78 is 10.4. The molecule has 0 aliphatic carbocycles. The highest BCUT2D eigenvalue weighted by Crippen LogP contribution is 2.30. The molecule has 1 heterocycles. The van der Waals surface area contributed by atoms with Gasteiger partial charge in [0.2, 0.25) is 0 Å². The Labute approximate surface area is 176 Å². The van der Waals surface area contributed by atoms with E-state index in [4.69, 9.17) is 9.47 Å². The monoisotopic (exact) mass is 409 g/mol. The first-order valence-corrected chi connectivity index (χ1v) is 10.2. The van der Waals surface area contributed by atoms with Gasteiger partial charge in [-0.2, -0.15) is 0 Å². The Kier molecular flexibility index (Phi) is 7.60. The normalized spacial score (nSPS) is 15.3. The molecule has 1 atom stereocenters. The van der Waals surface area contributed by atoms with Crippen LogP contribution in [0.4, 0.5) is 4.79 Å². The Bertz CT molecular complexity index is 844. The van der Waals surface area contributed by atoms with Crippen molar-refractivity contribution in [2.24, 2.45) is 11.8 Å². The Morgan fingerprint density at radius 3 is 2.17 bits per heavy atom. The van der Waals surface area contributed by atoms with Crippen molar-refractivity contribution in [3.8, 4) is 0 Å². The number of hydrogen-bond acceptors (Lipinski definition) is 5. The molecule has 0 spiro atoms. The van der Waals surface area contributed by atoms with Crippen LogP contribution in [0.5, 0.6) is 0 Å². The highest BCUT2D eigenvalue weighted by atomic mass is 16.6. The number of nitrogens with zero attached hydrogens (tertiary/aromatic N) is 1. The zero-order chi connectivity index (χ0) is 21.3. The van der Waals surface area contributed by atoms with Crippen molar-refractivity contribution < 1.29 is 23.9 Å². The van der Waals surface area contributed by atoms with E-state index in [0.717, 1.165) is 5.56 Å². The molecule has 0 N–H and O–H groups in total. The van der Waals surface area contributed by atoms with Gasteiger partial charge in [0.05, 0.1) is 13.0 Å². The summed E-state index contributed by atoms with van der Waals surface area (Å²) in [6, 6.07) is 18.5. The fourth-order valence-corrected chi connectivity index (χ4v) is 3.83. The summed E-state index contributed by atoms with van der Waals surface area (Å²) in [6.07, 6.45) is 1.01. The zero-order valence-electron chi connectivity index (χ0n) is 17.2. The first kappa shape index (κ1) is 21.6. The lowest BCUT2D eigenvalue weighted by molar-refractivity contribution is -0.148. The minimum atomic E-state index is -0.509. The van der Waals surface area contributed by atoms with Crippen molar-refractivity contribution in [2.45, 2.75) is 25.9 Å². The SMILES string of the molecule is COC(=O)C(CC(=O)c1ccccc1)C1CCN(C(=O)OCc2ccccc2)CC1. The third kappa shape index (κ3) is 5.69. The molecule has 0 aromatic heterocycles. The van der Waals surface area contributed by atoms with Crippen LogP contribution >= 0.6 is 0 Å². The number of ketones is 1. The number of likely N-dealkylation sites (tertiary alicyclic amines) is 1. The van der Waals surface area contributed by atoms with E-state index in [1.54, 1.807) is 29.2 Å². The highest BCUT2D eigenvalue weighted by Gasteiger charge is 2.35. The van der Waals surface area contributed by atoms with Gasteiger partial charge in [-0.05, 0) is 24.3 Å². The zero-order valence-corrected chi connectivity index (χ0v) is 17.2. The van der Waals surface area contributed by atoms with Crippen molar-refractivity contribution in [2.75, 3.05) is 20.2 Å². The molecule has 0 saturated carbocycles. The van der Waals surface area contributed by atoms with E-state index < -0.39 is 5.92 Å². The number of esters is 1. The molecule has 2 aromatic carbocycles. The number of Topliss-reactive ketones (excluding diaryl/α,β-unsaturated/α-hetero) is 1. The van der Waals surface area contributed by atoms with Crippen molar-refractivity contribution in [1.82, 2.24) is 4.90 Å². The summed E-state index contributed by atoms with van der Waals surface area (Å²) in [5.74, 6) is -0.964. The summed E-state index contributed by atoms with van der Waals surface area (Å²) in [5.41, 5.74) is 1.53. The number of piperidine rings is 1. The topological polar surface area (TPSA) is 72.9 Å². The largest absolute Gasteiger partial charge is 0.469 e. The van der Waals surface area contributed by atoms with E-state index in [-0.39, 0.29) is 36.8 Å². The summed E-state index contributed by atoms with van der Waals surface area (Å²) in [4.78, 5) is 39.0. The molecule has 0 radical (unpaired) electrons. The maximum atomic E-state index is 12.6. The van der Waals surface area contributed by atoms with Crippen LogP contribution in [0, 0.1) is 11.8 Å². The van der Waals surface area contributed by atoms with Crippen LogP contribution in [0.3, 0.4) is 0 Å². The number of ether oxygens (including phenoxy) is 2. The van der Waals surface area contributed by atoms with Crippen molar-refractivity contribution in [3.05, 3.63) is 71.8 Å². The Balaban J connectivity index is 1.54. The van der Waals surface area contributed by atoms with E-state index in [0.29, 0.717) is 31.5 Å². The molecule has 1 fully saturated rings. The number of amides is 1. The minimum absolute atomic E-state index is 0.0108. The van der Waals surface area contributed by atoms with Gasteiger partial charge in [0.15, 0.2) is 5.78 Å². The molecule has 1 amide bonds. The molecule has 6 heteroatoms. The lowest BCUT2D eigenvalue weighted by Gasteiger charge is -2.34. The van der Waals surface area contributed by atoms with Gasteiger partial charge < -0.3 is 14.4 Å². The fraction of sp³-hybridized carbons (Fsp3) is 0.375. The summed E-state index contributed by atoms with van der Waals surface area (Å²) in [7, 11) is 1.35. The van der Waals surface area contributed by atoms with Gasteiger partial charge in [-0.25, -0.2) is 4.79 Å². The second-order valence-electron chi connectivity index (χ2n) is 7.49. The lowest BCUT2D eigenvalue weighted by atomic mass is 9.80. The first-order chi connectivity index (χ1) is 14.6. The van der Waals surface area contributed by atoms with E-state index in [1.165, 1.54) is 7.11 Å². The van der Waals surface area contributed by atoms with Gasteiger partial charge in [-0.1, -0.05) is 60.7 Å². The fourth-order valence-electron chi connectivity index (χ4n) is 3.83. The quantitative estimate of drug-likeness (QED) is 0.509. The second-order valence-corrected chi connectivity index (χ2v) is 7.49. The van der Waals surface area contributed by atoms with E-state index in [2.05, 4.69) is 0 Å². The van der Waals surface area contributed by atoms with Crippen molar-refractivity contribution in [3.63, 3.8) is 0 Å². The average Bonchev–Trinajstić information content (AvgIpc) is 2.81. The van der Waals surface area contributed by atoms with Gasteiger partial charge in [-0.15, -0.1) is 0 Å². The first-order valence-electron chi connectivity index (χ1n) is 10.2. The Morgan fingerprint density at radius 1 is 0.967 bits per heavy atom. The van der Waals surface area contributed by atoms with Gasteiger partial charge in [0.25, 0.3) is 0 Å². The van der Waals surface area contributed by atoms with Crippen LogP contribution in [0.1, 0.15) is 35.2 Å². The molecule has 0 bridgehead atoms. The van der Waals surface area contributed by atoms with Crippen molar-refractivity contribution in [1.29, 1.82) is 0 Å². The predicted octanol–water partition coefficient (Wildman–Crippen LogP) is 4.10. The maximum absolute atomic E-state index is 12.6. The van der Waals surface area contributed by atoms with E-state index in [9.17, 15) is 14.4 Å². The van der Waals surface area contributed by atoms with Gasteiger partial charge >= 0.3 is 12.1 Å². The third-order valence-electron chi connectivity index (χ3n) is 5.58. The van der Waals surface area contributed by atoms with Crippen LogP contribution in [0.25, 0.3) is 0 Å². The van der Waals surface area contributed by atoms with Crippen LogP contribution in [0.15, 0.2) is 60.7 Å². The molecule has 30 heavy (non-hydrogen) atoms. The smallest absolute Gasteiger partial charge is 0.410 e. The number of carbonyl (C=O) groups excluding carboxylic acids is 3. The maximum Gasteiger partial charge on any atom is 0.410 e. The minimum Gasteiger partial charge on any atom is -0.469 e. The van der Waals surface area contributed by atoms with Gasteiger partial charge in [0.1, 0.15) is 6.61 Å². The molecule has 3 rings (SSSR count). The molecule has 158 valence electrons. The van der Waals surface area contributed by atoms with Crippen LogP contribution < -0.4 is 0 Å². The number of carbonyl (C=O) groups is 3. The van der Waals surface area contributed by atoms with Crippen molar-refractivity contribution >= 4 is 17.8 Å². The molecule has 1 aliphatic rings. The molecule has 1 saturated heterocycles. The van der Waals surface area contributed by atoms with Crippen LogP contribution in [-0.2, 0) is 20.9 Å². The molecule has 6 nitrogen and oxygen atoms in total. The summed E-state index contributed by atoms with van der Waals surface area (Å²) >= 11 is 0. The van der Waals surface area contributed by atoms with Gasteiger partial charge in [0, 0.05) is 25.1 Å². The Hall–Kier alpha value is -3.15. The molecular weight excluding hydrogens is 382 g/mol.